The fraction of sp³-hybridized carbons (Fsp3) is 0.0870. The van der Waals surface area contributed by atoms with E-state index in [-0.39, 0.29) is 21.6 Å². The quantitative estimate of drug-likeness (QED) is 0.528. The lowest BCUT2D eigenvalue weighted by Crippen LogP contribution is -2.15. The third kappa shape index (κ3) is 3.72. The first kappa shape index (κ1) is 19.1. The molecule has 3 aromatic carbocycles. The van der Waals surface area contributed by atoms with Crippen molar-refractivity contribution in [3.63, 3.8) is 0 Å². The number of sulfone groups is 1. The number of benzene rings is 3. The number of nitrogens with two attached hydrogens (primary N) is 1. The molecule has 29 heavy (non-hydrogen) atoms. The van der Waals surface area contributed by atoms with E-state index in [1.165, 1.54) is 12.1 Å². The largest absolute Gasteiger partial charge is 0.438 e. The number of hydrogen-bond acceptors (Lipinski definition) is 5. The van der Waals surface area contributed by atoms with Crippen LogP contribution in [0.2, 0.25) is 0 Å². The molecule has 0 aliphatic carbocycles. The number of nitrogens with zero attached hydrogens (tertiary/aromatic N) is 1. The van der Waals surface area contributed by atoms with E-state index in [9.17, 15) is 8.42 Å². The van der Waals surface area contributed by atoms with Crippen LogP contribution in [0, 0.1) is 6.92 Å². The van der Waals surface area contributed by atoms with Crippen molar-refractivity contribution in [2.24, 2.45) is 5.73 Å². The predicted molar refractivity (Wildman–Crippen MR) is 111 cm³/mol. The van der Waals surface area contributed by atoms with Crippen LogP contribution >= 0.6 is 0 Å². The third-order valence-corrected chi connectivity index (χ3v) is 6.33. The number of rotatable bonds is 5. The van der Waals surface area contributed by atoms with Gasteiger partial charge in [0.25, 0.3) is 0 Å². The van der Waals surface area contributed by atoms with E-state index in [0.29, 0.717) is 5.56 Å². The van der Waals surface area contributed by atoms with E-state index in [0.717, 1.165) is 11.1 Å². The fourth-order valence-corrected chi connectivity index (χ4v) is 4.51. The molecular weight excluding hydrogens is 384 g/mol. The monoisotopic (exact) mass is 404 g/mol. The zero-order valence-corrected chi connectivity index (χ0v) is 16.6. The van der Waals surface area contributed by atoms with Crippen molar-refractivity contribution in [2.45, 2.75) is 22.9 Å². The number of aryl methyl sites for hydroxylation is 1. The molecule has 0 bridgehead atoms. The van der Waals surface area contributed by atoms with Gasteiger partial charge in [-0.3, -0.25) is 0 Å². The first-order valence-corrected chi connectivity index (χ1v) is 10.6. The summed E-state index contributed by atoms with van der Waals surface area (Å²) in [5, 5.41) is -0.156. The molecule has 0 saturated carbocycles. The molecule has 4 rings (SSSR count). The molecule has 1 heterocycles. The van der Waals surface area contributed by atoms with Gasteiger partial charge in [-0.2, -0.15) is 4.98 Å². The highest BCUT2D eigenvalue weighted by atomic mass is 32.2. The molecule has 2 N–H and O–H groups in total. The summed E-state index contributed by atoms with van der Waals surface area (Å²) in [5.41, 5.74) is 8.87. The summed E-state index contributed by atoms with van der Waals surface area (Å²) in [5.74, 6) is 0.348. The van der Waals surface area contributed by atoms with Crippen molar-refractivity contribution >= 4 is 9.84 Å². The van der Waals surface area contributed by atoms with E-state index in [1.807, 2.05) is 61.5 Å². The lowest BCUT2D eigenvalue weighted by molar-refractivity contribution is 0.487. The maximum Gasteiger partial charge on any atom is 0.227 e. The molecule has 0 fully saturated rings. The lowest BCUT2D eigenvalue weighted by Gasteiger charge is -2.11. The molecule has 4 aromatic rings. The Morgan fingerprint density at radius 2 is 1.55 bits per heavy atom. The lowest BCUT2D eigenvalue weighted by atomic mass is 10.1. The molecule has 1 unspecified atom stereocenters. The molecule has 0 aliphatic rings. The third-order valence-electron chi connectivity index (χ3n) is 4.63. The van der Waals surface area contributed by atoms with Crippen LogP contribution in [0.4, 0.5) is 0 Å². The van der Waals surface area contributed by atoms with Gasteiger partial charge in [-0.05, 0) is 36.8 Å². The second-order valence-electron chi connectivity index (χ2n) is 6.76. The van der Waals surface area contributed by atoms with E-state index in [2.05, 4.69) is 4.98 Å². The van der Waals surface area contributed by atoms with Gasteiger partial charge in [0.2, 0.25) is 20.8 Å². The summed E-state index contributed by atoms with van der Waals surface area (Å²) in [7, 11) is -3.90. The van der Waals surface area contributed by atoms with Crippen LogP contribution in [0.25, 0.3) is 11.5 Å². The van der Waals surface area contributed by atoms with Crippen LogP contribution in [0.5, 0.6) is 0 Å². The second-order valence-corrected chi connectivity index (χ2v) is 8.63. The summed E-state index contributed by atoms with van der Waals surface area (Å²) in [6.45, 7) is 1.95. The van der Waals surface area contributed by atoms with Gasteiger partial charge in [0, 0.05) is 5.56 Å². The van der Waals surface area contributed by atoms with Gasteiger partial charge in [0.15, 0.2) is 5.76 Å². The van der Waals surface area contributed by atoms with Crippen molar-refractivity contribution in [2.75, 3.05) is 0 Å². The van der Waals surface area contributed by atoms with Crippen LogP contribution in [-0.4, -0.2) is 13.4 Å². The zero-order chi connectivity index (χ0) is 20.4. The topological polar surface area (TPSA) is 86.2 Å². The highest BCUT2D eigenvalue weighted by molar-refractivity contribution is 7.91. The molecule has 0 saturated heterocycles. The highest BCUT2D eigenvalue weighted by Gasteiger charge is 2.31. The fourth-order valence-electron chi connectivity index (χ4n) is 3.13. The van der Waals surface area contributed by atoms with Gasteiger partial charge in [-0.15, -0.1) is 0 Å². The standard InChI is InChI=1S/C23H20N2O3S/c1-16-9-8-12-18(15-16)22-25-23(29(26,27)19-13-6-3-7-14-19)21(28-22)20(24)17-10-4-2-5-11-17/h2-15,20H,24H2,1H3. The molecule has 1 atom stereocenters. The van der Waals surface area contributed by atoms with Crippen molar-refractivity contribution in [3.05, 3.63) is 102 Å². The Kier molecular flexibility index (Phi) is 5.05. The summed E-state index contributed by atoms with van der Waals surface area (Å²) in [4.78, 5) is 4.53. The average Bonchev–Trinajstić information content (AvgIpc) is 3.21. The first-order valence-electron chi connectivity index (χ1n) is 9.15. The zero-order valence-electron chi connectivity index (χ0n) is 15.8. The molecule has 0 spiro atoms. The maximum atomic E-state index is 13.3. The summed E-state index contributed by atoms with van der Waals surface area (Å²) in [6, 6.07) is 24.2. The van der Waals surface area contributed by atoms with Gasteiger partial charge in [-0.25, -0.2) is 8.42 Å². The van der Waals surface area contributed by atoms with E-state index in [4.69, 9.17) is 10.2 Å². The maximum absolute atomic E-state index is 13.3. The Morgan fingerprint density at radius 1 is 0.897 bits per heavy atom. The number of oxazole rings is 1. The molecule has 5 nitrogen and oxygen atoms in total. The summed E-state index contributed by atoms with van der Waals surface area (Å²) < 4.78 is 32.6. The van der Waals surface area contributed by atoms with Gasteiger partial charge in [0.05, 0.1) is 10.9 Å². The summed E-state index contributed by atoms with van der Waals surface area (Å²) >= 11 is 0. The van der Waals surface area contributed by atoms with E-state index >= 15 is 0 Å². The van der Waals surface area contributed by atoms with Gasteiger partial charge < -0.3 is 10.2 Å². The van der Waals surface area contributed by atoms with E-state index < -0.39 is 15.9 Å². The minimum Gasteiger partial charge on any atom is -0.438 e. The molecule has 6 heteroatoms. The minimum absolute atomic E-state index is 0.122. The predicted octanol–water partition coefficient (Wildman–Crippen LogP) is 4.53. The van der Waals surface area contributed by atoms with Crippen LogP contribution in [0.1, 0.15) is 22.9 Å². The Balaban J connectivity index is 1.91. The molecule has 1 aromatic heterocycles. The van der Waals surface area contributed by atoms with Crippen molar-refractivity contribution < 1.29 is 12.8 Å². The number of aromatic nitrogens is 1. The molecule has 0 aliphatic heterocycles. The van der Waals surface area contributed by atoms with Crippen molar-refractivity contribution in [1.82, 2.24) is 4.98 Å². The first-order chi connectivity index (χ1) is 14.0. The molecule has 146 valence electrons. The van der Waals surface area contributed by atoms with Crippen molar-refractivity contribution in [1.29, 1.82) is 0 Å². The Labute approximate surface area is 169 Å². The molecular formula is C23H20N2O3S. The Hall–Kier alpha value is -3.22. The van der Waals surface area contributed by atoms with E-state index in [1.54, 1.807) is 18.2 Å². The van der Waals surface area contributed by atoms with Crippen LogP contribution in [0.3, 0.4) is 0 Å². The Morgan fingerprint density at radius 3 is 2.21 bits per heavy atom. The van der Waals surface area contributed by atoms with Crippen molar-refractivity contribution in [3.8, 4) is 11.5 Å². The van der Waals surface area contributed by atoms with Gasteiger partial charge in [0.1, 0.15) is 0 Å². The van der Waals surface area contributed by atoms with Gasteiger partial charge in [-0.1, -0.05) is 66.2 Å². The highest BCUT2D eigenvalue weighted by Crippen LogP contribution is 2.34. The molecule has 0 amide bonds. The van der Waals surface area contributed by atoms with Gasteiger partial charge >= 0.3 is 0 Å². The average molecular weight is 404 g/mol. The summed E-state index contributed by atoms with van der Waals surface area (Å²) in [6.07, 6.45) is 0. The normalized spacial score (nSPS) is 12.6. The van der Waals surface area contributed by atoms with Crippen LogP contribution < -0.4 is 5.73 Å². The smallest absolute Gasteiger partial charge is 0.227 e. The number of hydrogen-bond donors (Lipinski definition) is 1. The second kappa shape index (κ2) is 7.66. The SMILES string of the molecule is Cc1cccc(-c2nc(S(=O)(=O)c3ccccc3)c(C(N)c3ccccc3)o2)c1. The molecule has 0 radical (unpaired) electrons. The Bertz CT molecular complexity index is 1230. The van der Waals surface area contributed by atoms with Crippen LogP contribution in [-0.2, 0) is 9.84 Å². The van der Waals surface area contributed by atoms with Crippen LogP contribution in [0.15, 0.2) is 99.3 Å². The minimum atomic E-state index is -3.90.